The fourth-order valence-electron chi connectivity index (χ4n) is 2.25. The molecule has 16 heteroatoms. The number of nitro benzene ring substituents is 4. The van der Waals surface area contributed by atoms with Gasteiger partial charge in [-0.05, 0) is 19.1 Å². The number of hydrogen-bond acceptors (Lipinski definition) is 12. The average Bonchev–Trinajstić information content (AvgIpc) is 2.74. The maximum atomic E-state index is 11.1. The second-order valence-electron chi connectivity index (χ2n) is 6.02. The van der Waals surface area contributed by atoms with E-state index in [9.17, 15) is 40.5 Å². The minimum absolute atomic E-state index is 0.0588. The predicted octanol–water partition coefficient (Wildman–Crippen LogP) is 3.60. The van der Waals surface area contributed by atoms with Crippen LogP contribution in [-0.2, 0) is 0 Å². The summed E-state index contributed by atoms with van der Waals surface area (Å²) in [4.78, 5) is 40.6. The number of hydrogen-bond donors (Lipinski definition) is 2. The molecule has 0 aromatic heterocycles. The summed E-state index contributed by atoms with van der Waals surface area (Å²) in [5.74, 6) is 0. The van der Waals surface area contributed by atoms with Crippen LogP contribution in [-0.4, -0.2) is 31.6 Å². The van der Waals surface area contributed by atoms with Gasteiger partial charge >= 0.3 is 11.4 Å². The molecule has 0 aliphatic carbocycles. The van der Waals surface area contributed by atoms with Gasteiger partial charge in [0.15, 0.2) is 0 Å². The Labute approximate surface area is 177 Å². The highest BCUT2D eigenvalue weighted by Gasteiger charge is 2.20. The molecule has 0 amide bonds. The van der Waals surface area contributed by atoms with Crippen LogP contribution in [0, 0.1) is 40.5 Å². The summed E-state index contributed by atoms with van der Waals surface area (Å²) in [6.45, 7) is 1.56. The topological polar surface area (TPSA) is 221 Å². The lowest BCUT2D eigenvalue weighted by Crippen LogP contribution is -2.02. The molecule has 16 nitrogen and oxygen atoms in total. The average molecular weight is 446 g/mol. The van der Waals surface area contributed by atoms with Gasteiger partial charge in [-0.3, -0.25) is 51.3 Å². The molecule has 0 saturated carbocycles. The van der Waals surface area contributed by atoms with E-state index in [0.717, 1.165) is 36.4 Å². The molecule has 0 radical (unpaired) electrons. The van der Waals surface area contributed by atoms with Crippen molar-refractivity contribution in [3.8, 4) is 0 Å². The van der Waals surface area contributed by atoms with Crippen LogP contribution in [0.1, 0.15) is 13.3 Å². The lowest BCUT2D eigenvalue weighted by atomic mass is 10.2. The molecular weight excluding hydrogens is 432 g/mol. The second-order valence-corrected chi connectivity index (χ2v) is 6.02. The quantitative estimate of drug-likeness (QED) is 0.306. The summed E-state index contributed by atoms with van der Waals surface area (Å²) in [6.07, 6.45) is 1.43. The first-order valence-corrected chi connectivity index (χ1v) is 8.52. The van der Waals surface area contributed by atoms with Crippen LogP contribution in [0.4, 0.5) is 34.1 Å². The van der Waals surface area contributed by atoms with E-state index in [1.165, 1.54) is 6.21 Å². The largest absolute Gasteiger partial charge is 0.301 e. The van der Waals surface area contributed by atoms with E-state index in [1.54, 1.807) is 6.92 Å². The van der Waals surface area contributed by atoms with Crippen LogP contribution in [0.2, 0.25) is 0 Å². The van der Waals surface area contributed by atoms with Gasteiger partial charge in [0.05, 0.1) is 31.8 Å². The number of nitrogens with zero attached hydrogens (tertiary/aromatic N) is 6. The van der Waals surface area contributed by atoms with Gasteiger partial charge in [0.2, 0.25) is 0 Å². The molecule has 0 heterocycles. The number of hydrazone groups is 2. The van der Waals surface area contributed by atoms with Crippen molar-refractivity contribution in [3.05, 3.63) is 76.9 Å². The van der Waals surface area contributed by atoms with Crippen molar-refractivity contribution in [2.24, 2.45) is 10.2 Å². The molecule has 2 N–H and O–H groups in total. The number of rotatable bonds is 10. The Bertz CT molecular complexity index is 1150. The zero-order valence-corrected chi connectivity index (χ0v) is 16.2. The van der Waals surface area contributed by atoms with Crippen molar-refractivity contribution in [1.82, 2.24) is 0 Å². The normalized spacial score (nSPS) is 11.2. The highest BCUT2D eigenvalue weighted by Crippen LogP contribution is 2.30. The van der Waals surface area contributed by atoms with E-state index < -0.39 is 42.4 Å². The third-order valence-corrected chi connectivity index (χ3v) is 3.81. The maximum Gasteiger partial charge on any atom is 0.301 e. The standard InChI is InChI=1S/C16H14N8O8/c1-10(18-20-14-5-3-12(22(27)28)9-16(14)24(31)32)6-7-17-19-13-4-2-11(21(25)26)8-15(13)23(29)30/h2-5,7-9,19-20H,6H2,1H3/b17-7+,18-10+. The van der Waals surface area contributed by atoms with Gasteiger partial charge in [0.25, 0.3) is 11.4 Å². The van der Waals surface area contributed by atoms with Crippen molar-refractivity contribution in [1.29, 1.82) is 0 Å². The Morgan fingerprint density at radius 1 is 0.812 bits per heavy atom. The zero-order valence-electron chi connectivity index (χ0n) is 16.2. The summed E-state index contributed by atoms with van der Waals surface area (Å²) < 4.78 is 0. The lowest BCUT2D eigenvalue weighted by molar-refractivity contribution is -0.393. The molecule has 0 atom stereocenters. The van der Waals surface area contributed by atoms with E-state index in [-0.39, 0.29) is 17.8 Å². The lowest BCUT2D eigenvalue weighted by Gasteiger charge is -2.04. The van der Waals surface area contributed by atoms with Crippen LogP contribution in [0.25, 0.3) is 0 Å². The molecule has 0 fully saturated rings. The van der Waals surface area contributed by atoms with Gasteiger partial charge in [-0.2, -0.15) is 10.2 Å². The molecule has 0 unspecified atom stereocenters. The van der Waals surface area contributed by atoms with Gasteiger partial charge < -0.3 is 0 Å². The first kappa shape index (κ1) is 23.3. The van der Waals surface area contributed by atoms with Crippen LogP contribution < -0.4 is 10.9 Å². The molecule has 0 saturated heterocycles. The van der Waals surface area contributed by atoms with Crippen molar-refractivity contribution < 1.29 is 19.7 Å². The minimum Gasteiger partial charge on any atom is -0.272 e. The van der Waals surface area contributed by atoms with Crippen molar-refractivity contribution in [2.75, 3.05) is 10.9 Å². The summed E-state index contributed by atoms with van der Waals surface area (Å²) >= 11 is 0. The molecule has 2 rings (SSSR count). The number of non-ortho nitro benzene ring substituents is 2. The third-order valence-electron chi connectivity index (χ3n) is 3.81. The first-order chi connectivity index (χ1) is 15.1. The molecule has 0 aliphatic rings. The van der Waals surface area contributed by atoms with E-state index in [1.807, 2.05) is 0 Å². The highest BCUT2D eigenvalue weighted by atomic mass is 16.6. The number of nitro groups is 4. The van der Waals surface area contributed by atoms with Gasteiger partial charge in [0, 0.05) is 30.5 Å². The predicted molar refractivity (Wildman–Crippen MR) is 113 cm³/mol. The zero-order chi connectivity index (χ0) is 23.8. The first-order valence-electron chi connectivity index (χ1n) is 8.52. The molecule has 166 valence electrons. The highest BCUT2D eigenvalue weighted by molar-refractivity contribution is 5.94. The molecule has 0 bridgehead atoms. The number of nitrogens with one attached hydrogen (secondary N) is 2. The third kappa shape index (κ3) is 5.99. The summed E-state index contributed by atoms with van der Waals surface area (Å²) in [6, 6.07) is 6.06. The van der Waals surface area contributed by atoms with Gasteiger partial charge in [-0.1, -0.05) is 0 Å². The minimum atomic E-state index is -0.793. The Balaban J connectivity index is 2.05. The smallest absolute Gasteiger partial charge is 0.272 e. The van der Waals surface area contributed by atoms with E-state index >= 15 is 0 Å². The monoisotopic (exact) mass is 446 g/mol. The molecule has 2 aromatic rings. The molecule has 0 spiro atoms. The fourth-order valence-corrected chi connectivity index (χ4v) is 2.25. The Kier molecular flexibility index (Phi) is 7.37. The molecule has 0 aliphatic heterocycles. The van der Waals surface area contributed by atoms with Crippen LogP contribution >= 0.6 is 0 Å². The Hall–Kier alpha value is -5.02. The van der Waals surface area contributed by atoms with Crippen LogP contribution in [0.3, 0.4) is 0 Å². The summed E-state index contributed by atoms with van der Waals surface area (Å²) in [5, 5.41) is 51.4. The SMILES string of the molecule is C/C(C/C=N/Nc1ccc([N+](=O)[O-])cc1[N+](=O)[O-])=N\Nc1ccc([N+](=O)[O-])cc1[N+](=O)[O-]. The van der Waals surface area contributed by atoms with Crippen molar-refractivity contribution >= 4 is 46.1 Å². The molecule has 2 aromatic carbocycles. The van der Waals surface area contributed by atoms with Gasteiger partial charge in [-0.25, -0.2) is 0 Å². The van der Waals surface area contributed by atoms with Crippen LogP contribution in [0.5, 0.6) is 0 Å². The number of anilines is 2. The van der Waals surface area contributed by atoms with E-state index in [0.29, 0.717) is 5.71 Å². The fraction of sp³-hybridized carbons (Fsp3) is 0.125. The van der Waals surface area contributed by atoms with Crippen molar-refractivity contribution in [3.63, 3.8) is 0 Å². The summed E-state index contributed by atoms with van der Waals surface area (Å²) in [5.41, 5.74) is 3.19. The second kappa shape index (κ2) is 10.1. The molecule has 32 heavy (non-hydrogen) atoms. The van der Waals surface area contributed by atoms with E-state index in [2.05, 4.69) is 21.1 Å². The van der Waals surface area contributed by atoms with Gasteiger partial charge in [0.1, 0.15) is 11.4 Å². The Morgan fingerprint density at radius 3 is 1.72 bits per heavy atom. The molecular formula is C16H14N8O8. The summed E-state index contributed by atoms with van der Waals surface area (Å²) in [7, 11) is 0. The van der Waals surface area contributed by atoms with E-state index in [4.69, 9.17) is 0 Å². The van der Waals surface area contributed by atoms with Crippen molar-refractivity contribution in [2.45, 2.75) is 13.3 Å². The van der Waals surface area contributed by atoms with Gasteiger partial charge in [-0.15, -0.1) is 0 Å². The maximum absolute atomic E-state index is 11.1. The number of benzene rings is 2. The van der Waals surface area contributed by atoms with Crippen LogP contribution in [0.15, 0.2) is 46.6 Å². The Morgan fingerprint density at radius 2 is 1.28 bits per heavy atom.